The van der Waals surface area contributed by atoms with Gasteiger partial charge in [-0.2, -0.15) is 0 Å². The summed E-state index contributed by atoms with van der Waals surface area (Å²) in [5, 5.41) is 12.7. The minimum absolute atomic E-state index is 0.000186. The molecular formula is C18H15N3O3S2. The van der Waals surface area contributed by atoms with Crippen molar-refractivity contribution in [2.45, 2.75) is 4.34 Å². The number of non-ortho nitro benzene ring substituents is 1. The van der Waals surface area contributed by atoms with Crippen molar-refractivity contribution in [3.63, 3.8) is 0 Å². The van der Waals surface area contributed by atoms with Gasteiger partial charge in [0.05, 0.1) is 16.4 Å². The van der Waals surface area contributed by atoms with Gasteiger partial charge < -0.3 is 4.90 Å². The van der Waals surface area contributed by atoms with Crippen LogP contribution in [0.2, 0.25) is 0 Å². The van der Waals surface area contributed by atoms with E-state index in [9.17, 15) is 14.9 Å². The number of anilines is 1. The van der Waals surface area contributed by atoms with E-state index in [2.05, 4.69) is 4.98 Å². The fourth-order valence-electron chi connectivity index (χ4n) is 2.23. The molecule has 0 atom stereocenters. The number of amides is 1. The predicted octanol–water partition coefficient (Wildman–Crippen LogP) is 4.47. The van der Waals surface area contributed by atoms with Gasteiger partial charge >= 0.3 is 0 Å². The second-order valence-corrected chi connectivity index (χ2v) is 7.46. The first-order chi connectivity index (χ1) is 12.5. The van der Waals surface area contributed by atoms with E-state index in [1.807, 2.05) is 35.7 Å². The van der Waals surface area contributed by atoms with Crippen LogP contribution in [0, 0.1) is 10.1 Å². The standard InChI is InChI=1S/C18H15N3O3S2/c1-20(14-7-9-15(10-8-14)21(23)24)17(22)12-26-18-19-16(11-25-18)13-5-3-2-4-6-13/h2-11H,12H2,1H3. The summed E-state index contributed by atoms with van der Waals surface area (Å²) < 4.78 is 0.828. The van der Waals surface area contributed by atoms with Crippen molar-refractivity contribution in [3.05, 3.63) is 70.1 Å². The number of hydrogen-bond donors (Lipinski definition) is 0. The summed E-state index contributed by atoms with van der Waals surface area (Å²) in [7, 11) is 1.65. The summed E-state index contributed by atoms with van der Waals surface area (Å²) in [5.74, 6) is 0.148. The Morgan fingerprint density at radius 1 is 1.19 bits per heavy atom. The zero-order valence-corrected chi connectivity index (χ0v) is 15.5. The number of carbonyl (C=O) groups is 1. The molecule has 1 amide bonds. The molecule has 0 aliphatic heterocycles. The van der Waals surface area contributed by atoms with Crippen molar-refractivity contribution in [1.29, 1.82) is 0 Å². The Hall–Kier alpha value is -2.71. The number of nitro benzene ring substituents is 1. The number of carbonyl (C=O) groups excluding carboxylic acids is 1. The zero-order valence-electron chi connectivity index (χ0n) is 13.9. The minimum atomic E-state index is -0.464. The van der Waals surface area contributed by atoms with Crippen LogP contribution in [0.15, 0.2) is 64.3 Å². The highest BCUT2D eigenvalue weighted by molar-refractivity contribution is 8.01. The molecular weight excluding hydrogens is 370 g/mol. The Kier molecular flexibility index (Phi) is 5.65. The number of nitro groups is 1. The number of aromatic nitrogens is 1. The Labute approximate surface area is 158 Å². The van der Waals surface area contributed by atoms with Crippen molar-refractivity contribution in [2.75, 3.05) is 17.7 Å². The maximum absolute atomic E-state index is 12.4. The first kappa shape index (κ1) is 18.1. The first-order valence-corrected chi connectivity index (χ1v) is 9.56. The molecule has 0 spiro atoms. The van der Waals surface area contributed by atoms with E-state index in [4.69, 9.17) is 0 Å². The third-order valence-corrected chi connectivity index (χ3v) is 5.70. The molecule has 0 N–H and O–H groups in total. The first-order valence-electron chi connectivity index (χ1n) is 7.69. The fraction of sp³-hybridized carbons (Fsp3) is 0.111. The van der Waals surface area contributed by atoms with E-state index in [0.717, 1.165) is 15.6 Å². The van der Waals surface area contributed by atoms with Crippen molar-refractivity contribution in [3.8, 4) is 11.3 Å². The monoisotopic (exact) mass is 385 g/mol. The van der Waals surface area contributed by atoms with Crippen LogP contribution in [0.3, 0.4) is 0 Å². The normalized spacial score (nSPS) is 10.5. The van der Waals surface area contributed by atoms with Gasteiger partial charge in [-0.05, 0) is 12.1 Å². The van der Waals surface area contributed by atoms with E-state index in [1.54, 1.807) is 19.2 Å². The third-order valence-electron chi connectivity index (χ3n) is 3.69. The highest BCUT2D eigenvalue weighted by atomic mass is 32.2. The van der Waals surface area contributed by atoms with Gasteiger partial charge in [-0.3, -0.25) is 14.9 Å². The molecule has 26 heavy (non-hydrogen) atoms. The van der Waals surface area contributed by atoms with E-state index in [1.165, 1.54) is 40.1 Å². The number of hydrogen-bond acceptors (Lipinski definition) is 6. The Balaban J connectivity index is 1.60. The van der Waals surface area contributed by atoms with Crippen molar-refractivity contribution in [1.82, 2.24) is 4.98 Å². The lowest BCUT2D eigenvalue weighted by Crippen LogP contribution is -2.27. The summed E-state index contributed by atoms with van der Waals surface area (Å²) in [5.41, 5.74) is 2.56. The summed E-state index contributed by atoms with van der Waals surface area (Å²) in [6, 6.07) is 15.8. The molecule has 3 rings (SSSR count). The molecule has 0 fully saturated rings. The van der Waals surface area contributed by atoms with E-state index < -0.39 is 4.92 Å². The van der Waals surface area contributed by atoms with Crippen molar-refractivity contribution >= 4 is 40.4 Å². The Bertz CT molecular complexity index is 911. The molecule has 3 aromatic rings. The summed E-state index contributed by atoms with van der Waals surface area (Å²) in [6.45, 7) is 0. The highest BCUT2D eigenvalue weighted by Gasteiger charge is 2.14. The second kappa shape index (κ2) is 8.11. The van der Waals surface area contributed by atoms with Gasteiger partial charge in [-0.1, -0.05) is 42.1 Å². The maximum atomic E-state index is 12.4. The van der Waals surface area contributed by atoms with Crippen LogP contribution < -0.4 is 4.90 Å². The topological polar surface area (TPSA) is 76.3 Å². The van der Waals surface area contributed by atoms with Gasteiger partial charge in [-0.25, -0.2) is 4.98 Å². The van der Waals surface area contributed by atoms with Crippen LogP contribution in [0.5, 0.6) is 0 Å². The average Bonchev–Trinajstić information content (AvgIpc) is 3.15. The molecule has 8 heteroatoms. The second-order valence-electron chi connectivity index (χ2n) is 5.38. The average molecular weight is 385 g/mol. The molecule has 0 bridgehead atoms. The zero-order chi connectivity index (χ0) is 18.5. The Morgan fingerprint density at radius 3 is 2.54 bits per heavy atom. The molecule has 2 aromatic carbocycles. The molecule has 1 aromatic heterocycles. The largest absolute Gasteiger partial charge is 0.315 e. The molecule has 0 unspecified atom stereocenters. The molecule has 0 aliphatic carbocycles. The van der Waals surface area contributed by atoms with Gasteiger partial charge in [0.15, 0.2) is 4.34 Å². The molecule has 0 aliphatic rings. The number of rotatable bonds is 6. The number of thioether (sulfide) groups is 1. The van der Waals surface area contributed by atoms with E-state index in [0.29, 0.717) is 5.69 Å². The van der Waals surface area contributed by atoms with Crippen LogP contribution in [0.4, 0.5) is 11.4 Å². The van der Waals surface area contributed by atoms with Gasteiger partial charge in [0.2, 0.25) is 5.91 Å². The lowest BCUT2D eigenvalue weighted by atomic mass is 10.2. The van der Waals surface area contributed by atoms with Crippen LogP contribution in [-0.2, 0) is 4.79 Å². The summed E-state index contributed by atoms with van der Waals surface area (Å²) >= 11 is 2.89. The van der Waals surface area contributed by atoms with Gasteiger partial charge in [0, 0.05) is 35.8 Å². The fourth-order valence-corrected chi connectivity index (χ4v) is 3.98. The lowest BCUT2D eigenvalue weighted by Gasteiger charge is -2.16. The van der Waals surface area contributed by atoms with Crippen molar-refractivity contribution < 1.29 is 9.72 Å². The quantitative estimate of drug-likeness (QED) is 0.355. The van der Waals surface area contributed by atoms with E-state index in [-0.39, 0.29) is 17.3 Å². The number of nitrogens with zero attached hydrogens (tertiary/aromatic N) is 3. The molecule has 0 saturated carbocycles. The van der Waals surface area contributed by atoms with Gasteiger partial charge in [0.1, 0.15) is 0 Å². The number of thiazole rings is 1. The Morgan fingerprint density at radius 2 is 1.88 bits per heavy atom. The van der Waals surface area contributed by atoms with Crippen molar-refractivity contribution in [2.24, 2.45) is 0 Å². The van der Waals surface area contributed by atoms with Crippen LogP contribution in [-0.4, -0.2) is 28.6 Å². The summed E-state index contributed by atoms with van der Waals surface area (Å²) in [4.78, 5) is 28.6. The van der Waals surface area contributed by atoms with E-state index >= 15 is 0 Å². The molecule has 132 valence electrons. The molecule has 6 nitrogen and oxygen atoms in total. The lowest BCUT2D eigenvalue weighted by molar-refractivity contribution is -0.384. The SMILES string of the molecule is CN(C(=O)CSc1nc(-c2ccccc2)cs1)c1ccc([N+](=O)[O-])cc1. The summed E-state index contributed by atoms with van der Waals surface area (Å²) in [6.07, 6.45) is 0. The number of benzene rings is 2. The predicted molar refractivity (Wildman–Crippen MR) is 105 cm³/mol. The van der Waals surface area contributed by atoms with Crippen LogP contribution in [0.1, 0.15) is 0 Å². The molecule has 0 radical (unpaired) electrons. The molecule has 1 heterocycles. The third kappa shape index (κ3) is 4.27. The minimum Gasteiger partial charge on any atom is -0.315 e. The van der Waals surface area contributed by atoms with Crippen LogP contribution in [0.25, 0.3) is 11.3 Å². The van der Waals surface area contributed by atoms with Gasteiger partial charge in [0.25, 0.3) is 5.69 Å². The van der Waals surface area contributed by atoms with Gasteiger partial charge in [-0.15, -0.1) is 11.3 Å². The van der Waals surface area contributed by atoms with Crippen LogP contribution >= 0.6 is 23.1 Å². The maximum Gasteiger partial charge on any atom is 0.269 e. The molecule has 0 saturated heterocycles. The highest BCUT2D eigenvalue weighted by Crippen LogP contribution is 2.28. The smallest absolute Gasteiger partial charge is 0.269 e.